The SMILES string of the molecule is [CH](n1nnc2ccccc21)n1nnc2ccccc21. The molecule has 91 valence electrons. The van der Waals surface area contributed by atoms with Gasteiger partial charge < -0.3 is 0 Å². The van der Waals surface area contributed by atoms with Crippen LogP contribution in [0.4, 0.5) is 0 Å². The maximum atomic E-state index is 4.10. The van der Waals surface area contributed by atoms with Gasteiger partial charge in [0.25, 0.3) is 0 Å². The van der Waals surface area contributed by atoms with Crippen LogP contribution in [0.1, 0.15) is 0 Å². The molecular weight excluding hydrogens is 240 g/mol. The van der Waals surface area contributed by atoms with Gasteiger partial charge in [0.1, 0.15) is 11.0 Å². The molecule has 19 heavy (non-hydrogen) atoms. The first-order valence-corrected chi connectivity index (χ1v) is 5.87. The number of fused-ring (bicyclic) bond motifs is 2. The molecule has 0 unspecified atom stereocenters. The zero-order chi connectivity index (χ0) is 12.7. The van der Waals surface area contributed by atoms with Crippen LogP contribution in [0.2, 0.25) is 0 Å². The highest BCUT2D eigenvalue weighted by Gasteiger charge is 2.08. The Labute approximate surface area is 108 Å². The molecule has 1 radical (unpaired) electrons. The molecule has 0 aliphatic rings. The number of rotatable bonds is 2. The summed E-state index contributed by atoms with van der Waals surface area (Å²) in [6.07, 6.45) is 0. The second-order valence-electron chi connectivity index (χ2n) is 4.16. The van der Waals surface area contributed by atoms with Crippen LogP contribution in [0.15, 0.2) is 48.5 Å². The van der Waals surface area contributed by atoms with Gasteiger partial charge in [0.15, 0.2) is 6.67 Å². The van der Waals surface area contributed by atoms with Gasteiger partial charge in [-0.25, -0.2) is 9.36 Å². The number of aromatic nitrogens is 6. The predicted molar refractivity (Wildman–Crippen MR) is 70.2 cm³/mol. The first kappa shape index (κ1) is 10.2. The third-order valence-electron chi connectivity index (χ3n) is 2.97. The highest BCUT2D eigenvalue weighted by atomic mass is 15.5. The molecule has 0 aliphatic heterocycles. The van der Waals surface area contributed by atoms with E-state index < -0.39 is 0 Å². The maximum Gasteiger partial charge on any atom is 0.190 e. The Morgan fingerprint density at radius 2 is 1.16 bits per heavy atom. The van der Waals surface area contributed by atoms with Gasteiger partial charge in [-0.3, -0.25) is 0 Å². The number of benzene rings is 2. The van der Waals surface area contributed by atoms with Gasteiger partial charge >= 0.3 is 0 Å². The summed E-state index contributed by atoms with van der Waals surface area (Å²) >= 11 is 0. The summed E-state index contributed by atoms with van der Waals surface area (Å²) in [6.45, 7) is 1.77. The fraction of sp³-hybridized carbons (Fsp3) is 0. The van der Waals surface area contributed by atoms with E-state index in [9.17, 15) is 0 Å². The number of para-hydroxylation sites is 2. The zero-order valence-corrected chi connectivity index (χ0v) is 9.88. The van der Waals surface area contributed by atoms with E-state index in [1.165, 1.54) is 0 Å². The Kier molecular flexibility index (Phi) is 2.08. The van der Waals surface area contributed by atoms with Crippen LogP contribution in [0.3, 0.4) is 0 Å². The lowest BCUT2D eigenvalue weighted by molar-refractivity contribution is 0.645. The highest BCUT2D eigenvalue weighted by Crippen LogP contribution is 2.13. The van der Waals surface area contributed by atoms with Crippen molar-refractivity contribution in [1.82, 2.24) is 30.0 Å². The largest absolute Gasteiger partial charge is 0.216 e. The predicted octanol–water partition coefficient (Wildman–Crippen LogP) is 1.69. The quantitative estimate of drug-likeness (QED) is 0.542. The van der Waals surface area contributed by atoms with Gasteiger partial charge in [0.05, 0.1) is 11.0 Å². The third-order valence-corrected chi connectivity index (χ3v) is 2.97. The summed E-state index contributed by atoms with van der Waals surface area (Å²) in [5, 5.41) is 16.4. The van der Waals surface area contributed by atoms with Gasteiger partial charge in [-0.15, -0.1) is 10.2 Å². The molecule has 6 heteroatoms. The van der Waals surface area contributed by atoms with Crippen molar-refractivity contribution in [2.24, 2.45) is 0 Å². The van der Waals surface area contributed by atoms with Crippen LogP contribution < -0.4 is 0 Å². The second kappa shape index (κ2) is 3.88. The average molecular weight is 249 g/mol. The molecule has 6 nitrogen and oxygen atoms in total. The molecule has 0 saturated carbocycles. The van der Waals surface area contributed by atoms with Gasteiger partial charge in [0, 0.05) is 0 Å². The fourth-order valence-electron chi connectivity index (χ4n) is 2.05. The topological polar surface area (TPSA) is 61.4 Å². The van der Waals surface area contributed by atoms with Gasteiger partial charge in [-0.05, 0) is 24.3 Å². The molecule has 0 atom stereocenters. The van der Waals surface area contributed by atoms with Crippen molar-refractivity contribution in [2.75, 3.05) is 0 Å². The van der Waals surface area contributed by atoms with Crippen LogP contribution >= 0.6 is 0 Å². The van der Waals surface area contributed by atoms with Crippen molar-refractivity contribution in [2.45, 2.75) is 0 Å². The Morgan fingerprint density at radius 3 is 1.68 bits per heavy atom. The molecule has 4 rings (SSSR count). The van der Waals surface area contributed by atoms with Gasteiger partial charge in [-0.1, -0.05) is 34.7 Å². The van der Waals surface area contributed by atoms with E-state index in [1.54, 1.807) is 16.0 Å². The molecule has 0 bridgehead atoms. The van der Waals surface area contributed by atoms with Crippen molar-refractivity contribution in [3.8, 4) is 0 Å². The van der Waals surface area contributed by atoms with Crippen LogP contribution in [0, 0.1) is 6.67 Å². The molecule has 0 fully saturated rings. The fourth-order valence-corrected chi connectivity index (χ4v) is 2.05. The standard InChI is InChI=1S/C13H9N6/c1-3-7-12-10(5-1)14-16-18(12)9-19-13-8-4-2-6-11(13)15-17-19/h1-9H. The average Bonchev–Trinajstić information content (AvgIpc) is 3.05. The zero-order valence-electron chi connectivity index (χ0n) is 9.88. The minimum absolute atomic E-state index is 0.850. The molecule has 0 amide bonds. The van der Waals surface area contributed by atoms with Crippen LogP contribution in [-0.2, 0) is 0 Å². The summed E-state index contributed by atoms with van der Waals surface area (Å²) in [7, 11) is 0. The summed E-state index contributed by atoms with van der Waals surface area (Å²) in [5.74, 6) is 0. The first-order chi connectivity index (χ1) is 9.42. The van der Waals surface area contributed by atoms with Gasteiger partial charge in [-0.2, -0.15) is 0 Å². The van der Waals surface area contributed by atoms with Crippen LogP contribution in [-0.4, -0.2) is 30.0 Å². The number of hydrogen-bond acceptors (Lipinski definition) is 4. The smallest absolute Gasteiger partial charge is 0.190 e. The molecular formula is C13H9N6. The Balaban J connectivity index is 1.82. The molecule has 0 aliphatic carbocycles. The van der Waals surface area contributed by atoms with Gasteiger partial charge in [0.2, 0.25) is 0 Å². The normalized spacial score (nSPS) is 11.4. The molecule has 0 saturated heterocycles. The molecule has 0 spiro atoms. The van der Waals surface area contributed by atoms with Crippen molar-refractivity contribution >= 4 is 22.1 Å². The molecule has 2 aromatic carbocycles. The van der Waals surface area contributed by atoms with E-state index in [0.717, 1.165) is 22.1 Å². The van der Waals surface area contributed by atoms with E-state index >= 15 is 0 Å². The van der Waals surface area contributed by atoms with E-state index in [2.05, 4.69) is 20.6 Å². The van der Waals surface area contributed by atoms with Crippen molar-refractivity contribution < 1.29 is 0 Å². The van der Waals surface area contributed by atoms with Crippen molar-refractivity contribution in [3.63, 3.8) is 0 Å². The maximum absolute atomic E-state index is 4.10. The molecule has 2 heterocycles. The summed E-state index contributed by atoms with van der Waals surface area (Å²) in [5.41, 5.74) is 3.57. The third kappa shape index (κ3) is 1.57. The summed E-state index contributed by atoms with van der Waals surface area (Å²) < 4.78 is 3.38. The first-order valence-electron chi connectivity index (χ1n) is 5.87. The van der Waals surface area contributed by atoms with Crippen molar-refractivity contribution in [3.05, 3.63) is 55.2 Å². The van der Waals surface area contributed by atoms with E-state index in [0.29, 0.717) is 0 Å². The highest BCUT2D eigenvalue weighted by molar-refractivity contribution is 5.76. The minimum atomic E-state index is 0.850. The monoisotopic (exact) mass is 249 g/mol. The minimum Gasteiger partial charge on any atom is -0.216 e. The van der Waals surface area contributed by atoms with Crippen LogP contribution in [0.25, 0.3) is 22.1 Å². The number of nitrogens with zero attached hydrogens (tertiary/aromatic N) is 6. The van der Waals surface area contributed by atoms with E-state index in [-0.39, 0.29) is 0 Å². The molecule has 0 N–H and O–H groups in total. The molecule has 4 aromatic rings. The lowest BCUT2D eigenvalue weighted by atomic mass is 10.3. The van der Waals surface area contributed by atoms with Crippen molar-refractivity contribution in [1.29, 1.82) is 0 Å². The summed E-state index contributed by atoms with van der Waals surface area (Å²) in [6, 6.07) is 15.6. The second-order valence-corrected chi connectivity index (χ2v) is 4.16. The lowest BCUT2D eigenvalue weighted by Gasteiger charge is -2.01. The Hall–Kier alpha value is -2.76. The van der Waals surface area contributed by atoms with E-state index in [4.69, 9.17) is 0 Å². The molecule has 2 aromatic heterocycles. The summed E-state index contributed by atoms with van der Waals surface area (Å²) in [4.78, 5) is 0. The van der Waals surface area contributed by atoms with Crippen LogP contribution in [0.5, 0.6) is 0 Å². The Bertz CT molecular complexity index is 787. The lowest BCUT2D eigenvalue weighted by Crippen LogP contribution is -2.08. The number of hydrogen-bond donors (Lipinski definition) is 0. The van der Waals surface area contributed by atoms with E-state index in [1.807, 2.05) is 48.5 Å². The Morgan fingerprint density at radius 1 is 0.684 bits per heavy atom.